The second-order valence-electron chi connectivity index (χ2n) is 6.05. The minimum absolute atomic E-state index is 0.0613. The molecule has 0 radical (unpaired) electrons. The quantitative estimate of drug-likeness (QED) is 0.806. The third-order valence-corrected chi connectivity index (χ3v) is 3.74. The van der Waals surface area contributed by atoms with Gasteiger partial charge in [0.15, 0.2) is 5.79 Å². The van der Waals surface area contributed by atoms with Gasteiger partial charge in [0.1, 0.15) is 0 Å². The molecular weight excluding hydrogens is 204 g/mol. The first kappa shape index (κ1) is 12.3. The lowest BCUT2D eigenvalue weighted by molar-refractivity contribution is -0.189. The monoisotopic (exact) mass is 228 g/mol. The van der Waals surface area contributed by atoms with Crippen molar-refractivity contribution in [2.75, 3.05) is 13.2 Å². The second-order valence-corrected chi connectivity index (χ2v) is 6.05. The van der Waals surface area contributed by atoms with E-state index in [1.807, 2.05) is 0 Å². The molecule has 0 aromatic rings. The first-order valence-corrected chi connectivity index (χ1v) is 6.48. The summed E-state index contributed by atoms with van der Waals surface area (Å²) >= 11 is 0. The van der Waals surface area contributed by atoms with Crippen molar-refractivity contribution in [2.45, 2.75) is 64.3 Å². The Bertz CT molecular complexity index is 231. The first-order chi connectivity index (χ1) is 7.55. The van der Waals surface area contributed by atoms with E-state index in [1.54, 1.807) is 0 Å². The van der Waals surface area contributed by atoms with Crippen LogP contribution >= 0.6 is 0 Å². The fourth-order valence-corrected chi connectivity index (χ4v) is 2.75. The molecule has 0 amide bonds. The zero-order chi connectivity index (χ0) is 11.6. The number of rotatable bonds is 3. The Morgan fingerprint density at radius 2 is 1.94 bits per heavy atom. The van der Waals surface area contributed by atoms with Crippen LogP contribution in [-0.4, -0.2) is 30.2 Å². The minimum Gasteiger partial charge on any atom is -0.396 e. The number of hydrogen-bond acceptors (Lipinski definition) is 3. The Morgan fingerprint density at radius 1 is 1.25 bits per heavy atom. The van der Waals surface area contributed by atoms with Gasteiger partial charge in [0, 0.05) is 19.4 Å². The second kappa shape index (κ2) is 4.63. The predicted octanol–water partition coefficient (Wildman–Crippen LogP) is 2.47. The third kappa shape index (κ3) is 2.76. The van der Waals surface area contributed by atoms with Crippen molar-refractivity contribution in [1.29, 1.82) is 0 Å². The molecule has 16 heavy (non-hydrogen) atoms. The molecular formula is C13H24O3. The van der Waals surface area contributed by atoms with E-state index in [-0.39, 0.29) is 23.9 Å². The standard InChI is InChI=1S/C13H24O3/c1-12(2,10-14)8-11-9-15-13(16-11)6-4-3-5-7-13/h11,14H,3-10H2,1-2H3. The van der Waals surface area contributed by atoms with Crippen molar-refractivity contribution in [3.63, 3.8) is 0 Å². The lowest BCUT2D eigenvalue weighted by Gasteiger charge is -2.32. The molecule has 0 bridgehead atoms. The third-order valence-electron chi connectivity index (χ3n) is 3.74. The predicted molar refractivity (Wildman–Crippen MR) is 62.1 cm³/mol. The molecule has 1 atom stereocenters. The summed E-state index contributed by atoms with van der Waals surface area (Å²) in [5.74, 6) is -0.269. The fraction of sp³-hybridized carbons (Fsp3) is 1.00. The summed E-state index contributed by atoms with van der Waals surface area (Å²) in [6, 6.07) is 0. The Balaban J connectivity index is 1.87. The smallest absolute Gasteiger partial charge is 0.168 e. The Morgan fingerprint density at radius 3 is 2.56 bits per heavy atom. The number of ether oxygens (including phenoxy) is 2. The summed E-state index contributed by atoms with van der Waals surface area (Å²) in [6.07, 6.45) is 6.88. The molecule has 1 aliphatic heterocycles. The van der Waals surface area contributed by atoms with Crippen LogP contribution in [0.1, 0.15) is 52.4 Å². The van der Waals surface area contributed by atoms with E-state index < -0.39 is 0 Å². The van der Waals surface area contributed by atoms with Crippen molar-refractivity contribution in [1.82, 2.24) is 0 Å². The normalized spacial score (nSPS) is 29.8. The number of hydrogen-bond donors (Lipinski definition) is 1. The van der Waals surface area contributed by atoms with Crippen LogP contribution in [0.3, 0.4) is 0 Å². The molecule has 3 heteroatoms. The number of aliphatic hydroxyl groups is 1. The molecule has 2 rings (SSSR count). The highest BCUT2D eigenvalue weighted by Gasteiger charge is 2.43. The van der Waals surface area contributed by atoms with Gasteiger partial charge >= 0.3 is 0 Å². The summed E-state index contributed by atoms with van der Waals surface area (Å²) in [7, 11) is 0. The summed E-state index contributed by atoms with van der Waals surface area (Å²) in [6.45, 7) is 5.05. The molecule has 1 aliphatic carbocycles. The zero-order valence-electron chi connectivity index (χ0n) is 10.5. The van der Waals surface area contributed by atoms with E-state index >= 15 is 0 Å². The van der Waals surface area contributed by atoms with Crippen LogP contribution in [-0.2, 0) is 9.47 Å². The van der Waals surface area contributed by atoms with E-state index in [1.165, 1.54) is 19.3 Å². The molecule has 1 saturated carbocycles. The molecule has 1 heterocycles. The van der Waals surface area contributed by atoms with Crippen molar-refractivity contribution in [2.24, 2.45) is 5.41 Å². The molecule has 1 spiro atoms. The molecule has 3 nitrogen and oxygen atoms in total. The molecule has 0 aromatic heterocycles. The highest BCUT2D eigenvalue weighted by atomic mass is 16.7. The molecule has 0 aromatic carbocycles. The summed E-state index contributed by atoms with van der Waals surface area (Å²) < 4.78 is 12.0. The highest BCUT2D eigenvalue weighted by molar-refractivity contribution is 4.84. The van der Waals surface area contributed by atoms with Gasteiger partial charge in [-0.3, -0.25) is 0 Å². The molecule has 1 unspecified atom stereocenters. The van der Waals surface area contributed by atoms with Gasteiger partial charge in [-0.2, -0.15) is 0 Å². The largest absolute Gasteiger partial charge is 0.396 e. The summed E-state index contributed by atoms with van der Waals surface area (Å²) in [4.78, 5) is 0. The van der Waals surface area contributed by atoms with Crippen LogP contribution in [0.5, 0.6) is 0 Å². The first-order valence-electron chi connectivity index (χ1n) is 6.48. The lowest BCUT2D eigenvalue weighted by atomic mass is 9.88. The molecule has 1 N–H and O–H groups in total. The van der Waals surface area contributed by atoms with Crippen molar-refractivity contribution in [3.8, 4) is 0 Å². The van der Waals surface area contributed by atoms with Gasteiger partial charge in [-0.1, -0.05) is 20.3 Å². The maximum Gasteiger partial charge on any atom is 0.168 e. The Labute approximate surface area is 98.1 Å². The van der Waals surface area contributed by atoms with Crippen molar-refractivity contribution >= 4 is 0 Å². The minimum atomic E-state index is -0.269. The molecule has 1 saturated heterocycles. The Hall–Kier alpha value is -0.120. The lowest BCUT2D eigenvalue weighted by Crippen LogP contribution is -2.34. The van der Waals surface area contributed by atoms with E-state index in [4.69, 9.17) is 9.47 Å². The van der Waals surface area contributed by atoms with Crippen LogP contribution in [0.4, 0.5) is 0 Å². The fourth-order valence-electron chi connectivity index (χ4n) is 2.75. The molecule has 2 aliphatic rings. The average molecular weight is 228 g/mol. The SMILES string of the molecule is CC(C)(CO)CC1COC2(CCCCC2)O1. The van der Waals surface area contributed by atoms with E-state index in [9.17, 15) is 5.11 Å². The van der Waals surface area contributed by atoms with Gasteiger partial charge in [0.2, 0.25) is 0 Å². The topological polar surface area (TPSA) is 38.7 Å². The maximum absolute atomic E-state index is 9.26. The van der Waals surface area contributed by atoms with Crippen LogP contribution in [0.15, 0.2) is 0 Å². The Kier molecular flexibility index (Phi) is 3.57. The van der Waals surface area contributed by atoms with Crippen molar-refractivity contribution < 1.29 is 14.6 Å². The highest BCUT2D eigenvalue weighted by Crippen LogP contribution is 2.40. The number of aliphatic hydroxyl groups excluding tert-OH is 1. The van der Waals surface area contributed by atoms with E-state index in [0.717, 1.165) is 19.3 Å². The van der Waals surface area contributed by atoms with Gasteiger partial charge in [0.05, 0.1) is 12.7 Å². The average Bonchev–Trinajstić information content (AvgIpc) is 2.62. The van der Waals surface area contributed by atoms with Crippen molar-refractivity contribution in [3.05, 3.63) is 0 Å². The van der Waals surface area contributed by atoms with Crippen LogP contribution in [0, 0.1) is 5.41 Å². The van der Waals surface area contributed by atoms with Crippen LogP contribution < -0.4 is 0 Å². The van der Waals surface area contributed by atoms with Gasteiger partial charge in [0.25, 0.3) is 0 Å². The van der Waals surface area contributed by atoms with Crippen LogP contribution in [0.25, 0.3) is 0 Å². The van der Waals surface area contributed by atoms with E-state index in [2.05, 4.69) is 13.8 Å². The summed E-state index contributed by atoms with van der Waals surface area (Å²) in [5, 5.41) is 9.26. The van der Waals surface area contributed by atoms with Gasteiger partial charge in [-0.15, -0.1) is 0 Å². The van der Waals surface area contributed by atoms with Gasteiger partial charge < -0.3 is 14.6 Å². The molecule has 94 valence electrons. The van der Waals surface area contributed by atoms with Crippen LogP contribution in [0.2, 0.25) is 0 Å². The maximum atomic E-state index is 9.26. The van der Waals surface area contributed by atoms with E-state index in [0.29, 0.717) is 6.61 Å². The zero-order valence-corrected chi connectivity index (χ0v) is 10.5. The molecule has 2 fully saturated rings. The van der Waals surface area contributed by atoms with Gasteiger partial charge in [-0.25, -0.2) is 0 Å². The summed E-state index contributed by atoms with van der Waals surface area (Å²) in [5.41, 5.74) is -0.0613. The van der Waals surface area contributed by atoms with Gasteiger partial charge in [-0.05, 0) is 24.7 Å².